The minimum atomic E-state index is -0.0654. The molecular formula is C19H28N4O2. The highest BCUT2D eigenvalue weighted by Crippen LogP contribution is 2.17. The first-order valence-corrected chi connectivity index (χ1v) is 8.85. The molecule has 2 heterocycles. The molecule has 0 atom stereocenters. The second kappa shape index (κ2) is 8.14. The van der Waals surface area contributed by atoms with E-state index in [0.717, 1.165) is 23.5 Å². The average molecular weight is 344 g/mol. The molecule has 0 aliphatic heterocycles. The lowest BCUT2D eigenvalue weighted by atomic mass is 10.1. The lowest BCUT2D eigenvalue weighted by Crippen LogP contribution is -2.20. The molecule has 6 nitrogen and oxygen atoms in total. The van der Waals surface area contributed by atoms with E-state index in [4.69, 9.17) is 0 Å². The quantitative estimate of drug-likeness (QED) is 0.840. The second-order valence-corrected chi connectivity index (χ2v) is 6.82. The van der Waals surface area contributed by atoms with Gasteiger partial charge in [-0.3, -0.25) is 14.3 Å². The Morgan fingerprint density at radius 2 is 2.00 bits per heavy atom. The molecule has 6 heteroatoms. The lowest BCUT2D eigenvalue weighted by molar-refractivity contribution is -0.116. The number of pyridine rings is 1. The molecule has 0 aliphatic carbocycles. The standard InChI is InChI=1S/C19H28N4O2/c1-6-22-12-16(7-10-19(22)25)20-18(24)9-8-17-14(4)21-23(15(17)5)11-13(2)3/h7,10,12-13H,6,8-9,11H2,1-5H3,(H,20,24). The first-order chi connectivity index (χ1) is 11.8. The Balaban J connectivity index is 2.01. The van der Waals surface area contributed by atoms with Gasteiger partial charge in [0, 0.05) is 37.5 Å². The van der Waals surface area contributed by atoms with E-state index in [1.54, 1.807) is 16.8 Å². The number of carbonyl (C=O) groups is 1. The van der Waals surface area contributed by atoms with E-state index in [-0.39, 0.29) is 11.5 Å². The van der Waals surface area contributed by atoms with Gasteiger partial charge in [-0.05, 0) is 44.7 Å². The summed E-state index contributed by atoms with van der Waals surface area (Å²) in [5, 5.41) is 7.46. The number of anilines is 1. The zero-order valence-electron chi connectivity index (χ0n) is 15.8. The predicted octanol–water partition coefficient (Wildman–Crippen LogP) is 2.91. The molecule has 2 rings (SSSR count). The van der Waals surface area contributed by atoms with Crippen molar-refractivity contribution in [2.75, 3.05) is 5.32 Å². The fraction of sp³-hybridized carbons (Fsp3) is 0.526. The monoisotopic (exact) mass is 344 g/mol. The van der Waals surface area contributed by atoms with Gasteiger partial charge < -0.3 is 9.88 Å². The highest BCUT2D eigenvalue weighted by atomic mass is 16.1. The van der Waals surface area contributed by atoms with Crippen LogP contribution in [-0.4, -0.2) is 20.3 Å². The van der Waals surface area contributed by atoms with Crippen LogP contribution in [0.1, 0.15) is 44.1 Å². The van der Waals surface area contributed by atoms with E-state index in [1.807, 2.05) is 18.5 Å². The highest BCUT2D eigenvalue weighted by molar-refractivity contribution is 5.90. The summed E-state index contributed by atoms with van der Waals surface area (Å²) in [5.74, 6) is 0.472. The molecule has 2 aromatic rings. The first-order valence-electron chi connectivity index (χ1n) is 8.85. The Hall–Kier alpha value is -2.37. The van der Waals surface area contributed by atoms with Gasteiger partial charge >= 0.3 is 0 Å². The summed E-state index contributed by atoms with van der Waals surface area (Å²) in [4.78, 5) is 23.8. The van der Waals surface area contributed by atoms with Crippen LogP contribution >= 0.6 is 0 Å². The SMILES string of the molecule is CCn1cc(NC(=O)CCc2c(C)nn(CC(C)C)c2C)ccc1=O. The molecule has 2 aromatic heterocycles. The minimum absolute atomic E-state index is 0.0586. The zero-order chi connectivity index (χ0) is 18.6. The minimum Gasteiger partial charge on any atom is -0.325 e. The Morgan fingerprint density at radius 3 is 2.64 bits per heavy atom. The molecule has 0 bridgehead atoms. The molecule has 1 N–H and O–H groups in total. The number of aryl methyl sites for hydroxylation is 2. The summed E-state index contributed by atoms with van der Waals surface area (Å²) >= 11 is 0. The summed E-state index contributed by atoms with van der Waals surface area (Å²) in [6, 6.07) is 3.12. The van der Waals surface area contributed by atoms with Crippen LogP contribution in [0.4, 0.5) is 5.69 Å². The van der Waals surface area contributed by atoms with Crippen molar-refractivity contribution in [3.05, 3.63) is 45.6 Å². The topological polar surface area (TPSA) is 68.9 Å². The van der Waals surface area contributed by atoms with Crippen LogP contribution in [0.5, 0.6) is 0 Å². The van der Waals surface area contributed by atoms with Gasteiger partial charge in [-0.1, -0.05) is 13.8 Å². The molecule has 0 aromatic carbocycles. The number of amides is 1. The highest BCUT2D eigenvalue weighted by Gasteiger charge is 2.14. The van der Waals surface area contributed by atoms with Crippen molar-refractivity contribution in [3.63, 3.8) is 0 Å². The fourth-order valence-electron chi connectivity index (χ4n) is 2.93. The molecule has 0 spiro atoms. The summed E-state index contributed by atoms with van der Waals surface area (Å²) in [7, 11) is 0. The van der Waals surface area contributed by atoms with Crippen molar-refractivity contribution in [1.82, 2.24) is 14.3 Å². The molecule has 0 saturated heterocycles. The maximum atomic E-state index is 12.3. The number of carbonyl (C=O) groups excluding carboxylic acids is 1. The van der Waals surface area contributed by atoms with Crippen molar-refractivity contribution in [3.8, 4) is 0 Å². The Labute approximate surface area is 148 Å². The molecule has 0 fully saturated rings. The maximum absolute atomic E-state index is 12.3. The van der Waals surface area contributed by atoms with E-state index in [2.05, 4.69) is 31.2 Å². The van der Waals surface area contributed by atoms with Gasteiger partial charge in [0.1, 0.15) is 0 Å². The summed E-state index contributed by atoms with van der Waals surface area (Å²) in [6.45, 7) is 11.8. The summed E-state index contributed by atoms with van der Waals surface area (Å²) < 4.78 is 3.60. The van der Waals surface area contributed by atoms with Gasteiger partial charge in [0.2, 0.25) is 5.91 Å². The average Bonchev–Trinajstić information content (AvgIpc) is 2.80. The van der Waals surface area contributed by atoms with Crippen LogP contribution in [0.25, 0.3) is 0 Å². The number of hydrogen-bond acceptors (Lipinski definition) is 3. The van der Waals surface area contributed by atoms with Gasteiger partial charge in [-0.25, -0.2) is 0 Å². The van der Waals surface area contributed by atoms with Gasteiger partial charge in [0.15, 0.2) is 0 Å². The Kier molecular flexibility index (Phi) is 6.17. The number of nitrogens with one attached hydrogen (secondary N) is 1. The maximum Gasteiger partial charge on any atom is 0.250 e. The van der Waals surface area contributed by atoms with E-state index in [0.29, 0.717) is 31.0 Å². The van der Waals surface area contributed by atoms with Crippen molar-refractivity contribution >= 4 is 11.6 Å². The molecule has 136 valence electrons. The summed E-state index contributed by atoms with van der Waals surface area (Å²) in [6.07, 6.45) is 2.73. The van der Waals surface area contributed by atoms with E-state index in [9.17, 15) is 9.59 Å². The van der Waals surface area contributed by atoms with Gasteiger partial charge in [0.25, 0.3) is 5.56 Å². The molecule has 1 amide bonds. The number of nitrogens with zero attached hydrogens (tertiary/aromatic N) is 3. The molecule has 0 aliphatic rings. The normalized spacial score (nSPS) is 11.1. The first kappa shape index (κ1) is 19.0. The van der Waals surface area contributed by atoms with Crippen LogP contribution in [0.2, 0.25) is 0 Å². The van der Waals surface area contributed by atoms with Crippen LogP contribution in [0, 0.1) is 19.8 Å². The van der Waals surface area contributed by atoms with Gasteiger partial charge in [0.05, 0.1) is 11.4 Å². The van der Waals surface area contributed by atoms with Crippen molar-refractivity contribution in [1.29, 1.82) is 0 Å². The van der Waals surface area contributed by atoms with E-state index >= 15 is 0 Å². The molecule has 0 radical (unpaired) electrons. The molecule has 0 unspecified atom stereocenters. The number of rotatable bonds is 7. The number of hydrogen-bond donors (Lipinski definition) is 1. The Morgan fingerprint density at radius 1 is 1.28 bits per heavy atom. The van der Waals surface area contributed by atoms with Crippen LogP contribution in [-0.2, 0) is 24.3 Å². The number of aromatic nitrogens is 3. The second-order valence-electron chi connectivity index (χ2n) is 6.82. The third kappa shape index (κ3) is 4.81. The fourth-order valence-corrected chi connectivity index (χ4v) is 2.93. The van der Waals surface area contributed by atoms with Crippen molar-refractivity contribution < 1.29 is 4.79 Å². The van der Waals surface area contributed by atoms with E-state index < -0.39 is 0 Å². The van der Waals surface area contributed by atoms with Crippen molar-refractivity contribution in [2.45, 2.75) is 60.5 Å². The molecular weight excluding hydrogens is 316 g/mol. The van der Waals surface area contributed by atoms with Crippen LogP contribution in [0.15, 0.2) is 23.1 Å². The Bertz CT molecular complexity index is 802. The van der Waals surface area contributed by atoms with Gasteiger partial charge in [-0.15, -0.1) is 0 Å². The predicted molar refractivity (Wildman–Crippen MR) is 99.9 cm³/mol. The lowest BCUT2D eigenvalue weighted by Gasteiger charge is -2.09. The third-order valence-corrected chi connectivity index (χ3v) is 4.28. The van der Waals surface area contributed by atoms with Crippen LogP contribution < -0.4 is 10.9 Å². The van der Waals surface area contributed by atoms with E-state index in [1.165, 1.54) is 6.07 Å². The molecule has 0 saturated carbocycles. The molecule has 25 heavy (non-hydrogen) atoms. The smallest absolute Gasteiger partial charge is 0.250 e. The van der Waals surface area contributed by atoms with Crippen molar-refractivity contribution in [2.24, 2.45) is 5.92 Å². The summed E-state index contributed by atoms with van der Waals surface area (Å²) in [5.41, 5.74) is 3.86. The zero-order valence-corrected chi connectivity index (χ0v) is 15.8. The third-order valence-electron chi connectivity index (χ3n) is 4.28. The van der Waals surface area contributed by atoms with Crippen LogP contribution in [0.3, 0.4) is 0 Å². The van der Waals surface area contributed by atoms with Gasteiger partial charge in [-0.2, -0.15) is 5.10 Å². The largest absolute Gasteiger partial charge is 0.325 e.